The van der Waals surface area contributed by atoms with Crippen molar-refractivity contribution in [2.75, 3.05) is 11.4 Å². The van der Waals surface area contributed by atoms with Crippen LogP contribution in [0.1, 0.15) is 38.2 Å². The number of amides is 1. The van der Waals surface area contributed by atoms with E-state index in [1.807, 2.05) is 12.1 Å². The van der Waals surface area contributed by atoms with Crippen molar-refractivity contribution < 1.29 is 4.79 Å². The van der Waals surface area contributed by atoms with Gasteiger partial charge in [-0.3, -0.25) is 4.79 Å². The Kier molecular flexibility index (Phi) is 3.79. The van der Waals surface area contributed by atoms with E-state index in [1.54, 1.807) is 0 Å². The summed E-state index contributed by atoms with van der Waals surface area (Å²) in [4.78, 5) is 14.5. The average Bonchev–Trinajstić information content (AvgIpc) is 2.82. The van der Waals surface area contributed by atoms with E-state index in [0.717, 1.165) is 24.4 Å². The Bertz CT molecular complexity index is 500. The summed E-state index contributed by atoms with van der Waals surface area (Å²) in [7, 11) is 0. The number of benzene rings is 1. The lowest BCUT2D eigenvalue weighted by atomic mass is 9.76. The van der Waals surface area contributed by atoms with Crippen LogP contribution in [0, 0.1) is 11.8 Å². The minimum Gasteiger partial charge on any atom is -0.330 e. The molecule has 3 atom stereocenters. The second kappa shape index (κ2) is 5.57. The van der Waals surface area contributed by atoms with Crippen LogP contribution >= 0.6 is 0 Å². The second-order valence-electron chi connectivity index (χ2n) is 6.22. The van der Waals surface area contributed by atoms with Crippen LogP contribution in [0.5, 0.6) is 0 Å². The molecule has 108 valence electrons. The fourth-order valence-electron chi connectivity index (χ4n) is 3.90. The number of hydrogen-bond acceptors (Lipinski definition) is 2. The monoisotopic (exact) mass is 272 g/mol. The molecule has 3 heteroatoms. The zero-order valence-corrected chi connectivity index (χ0v) is 12.2. The largest absolute Gasteiger partial charge is 0.330 e. The molecule has 0 aromatic heterocycles. The minimum absolute atomic E-state index is 0.256. The highest BCUT2D eigenvalue weighted by atomic mass is 16.2. The molecule has 1 aromatic rings. The predicted molar refractivity (Wildman–Crippen MR) is 81.6 cm³/mol. The van der Waals surface area contributed by atoms with Gasteiger partial charge in [-0.05, 0) is 49.3 Å². The number of para-hydroxylation sites is 1. The third-order valence-electron chi connectivity index (χ3n) is 5.14. The number of fused-ring (bicyclic) bond motifs is 1. The summed E-state index contributed by atoms with van der Waals surface area (Å²) in [5.74, 6) is 1.45. The molecule has 1 heterocycles. The van der Waals surface area contributed by atoms with Gasteiger partial charge >= 0.3 is 0 Å². The number of hydrogen-bond donors (Lipinski definition) is 1. The summed E-state index contributed by atoms with van der Waals surface area (Å²) < 4.78 is 0. The van der Waals surface area contributed by atoms with E-state index in [0.29, 0.717) is 24.9 Å². The lowest BCUT2D eigenvalue weighted by Gasteiger charge is -2.41. The number of carbonyl (C=O) groups is 1. The molecule has 20 heavy (non-hydrogen) atoms. The van der Waals surface area contributed by atoms with E-state index < -0.39 is 0 Å². The Hall–Kier alpha value is -1.35. The Morgan fingerprint density at radius 2 is 2.10 bits per heavy atom. The van der Waals surface area contributed by atoms with Crippen LogP contribution in [-0.4, -0.2) is 18.5 Å². The second-order valence-corrected chi connectivity index (χ2v) is 6.22. The van der Waals surface area contributed by atoms with Crippen molar-refractivity contribution in [3.05, 3.63) is 29.8 Å². The summed E-state index contributed by atoms with van der Waals surface area (Å²) in [5.41, 5.74) is 8.27. The summed E-state index contributed by atoms with van der Waals surface area (Å²) in [6.45, 7) is 2.94. The molecular weight excluding hydrogens is 248 g/mol. The highest BCUT2D eigenvalue weighted by Gasteiger charge is 2.39. The first-order valence-corrected chi connectivity index (χ1v) is 7.84. The van der Waals surface area contributed by atoms with Gasteiger partial charge in [-0.2, -0.15) is 0 Å². The fourth-order valence-corrected chi connectivity index (χ4v) is 3.90. The van der Waals surface area contributed by atoms with Gasteiger partial charge < -0.3 is 10.6 Å². The van der Waals surface area contributed by atoms with E-state index >= 15 is 0 Å². The lowest BCUT2D eigenvalue weighted by molar-refractivity contribution is -0.118. The molecule has 3 unspecified atom stereocenters. The maximum Gasteiger partial charge on any atom is 0.231 e. The number of carbonyl (C=O) groups excluding carboxylic acids is 1. The molecule has 0 bridgehead atoms. The molecule has 2 N–H and O–H groups in total. The molecule has 0 spiro atoms. The highest BCUT2D eigenvalue weighted by Crippen LogP contribution is 2.39. The van der Waals surface area contributed by atoms with Gasteiger partial charge in [0.1, 0.15) is 0 Å². The molecular formula is C17H24N2O. The molecule has 0 saturated heterocycles. The normalized spacial score (nSPS) is 29.6. The molecule has 0 radical (unpaired) electrons. The molecule has 1 amide bonds. The van der Waals surface area contributed by atoms with Crippen molar-refractivity contribution in [1.82, 2.24) is 0 Å². The van der Waals surface area contributed by atoms with Crippen molar-refractivity contribution in [3.8, 4) is 0 Å². The number of rotatable bonds is 3. The third-order valence-corrected chi connectivity index (χ3v) is 5.14. The van der Waals surface area contributed by atoms with Gasteiger partial charge in [-0.1, -0.05) is 31.5 Å². The van der Waals surface area contributed by atoms with Crippen molar-refractivity contribution in [1.29, 1.82) is 0 Å². The first-order chi connectivity index (χ1) is 9.74. The van der Waals surface area contributed by atoms with Gasteiger partial charge in [-0.25, -0.2) is 0 Å². The van der Waals surface area contributed by atoms with Crippen molar-refractivity contribution >= 4 is 11.6 Å². The summed E-state index contributed by atoms with van der Waals surface area (Å²) in [6, 6.07) is 8.51. The average molecular weight is 272 g/mol. The minimum atomic E-state index is 0.256. The van der Waals surface area contributed by atoms with Gasteiger partial charge in [0.05, 0.1) is 6.42 Å². The van der Waals surface area contributed by atoms with Crippen molar-refractivity contribution in [2.45, 2.75) is 45.1 Å². The maximum absolute atomic E-state index is 12.5. The number of nitrogens with two attached hydrogens (primary N) is 1. The quantitative estimate of drug-likeness (QED) is 0.919. The fraction of sp³-hybridized carbons (Fsp3) is 0.588. The predicted octanol–water partition coefficient (Wildman–Crippen LogP) is 2.73. The standard InChI is InChI=1S/C17H24N2O/c1-2-12-7-8-14(11-18)16(9-12)19-15-6-4-3-5-13(15)10-17(19)20/h3-6,12,14,16H,2,7-11,18H2,1H3. The molecule has 1 aliphatic carbocycles. The Balaban J connectivity index is 1.91. The van der Waals surface area contributed by atoms with Gasteiger partial charge in [0.15, 0.2) is 0 Å². The van der Waals surface area contributed by atoms with Crippen LogP contribution in [0.2, 0.25) is 0 Å². The van der Waals surface area contributed by atoms with Gasteiger partial charge in [0.2, 0.25) is 5.91 Å². The molecule has 1 saturated carbocycles. The van der Waals surface area contributed by atoms with Crippen molar-refractivity contribution in [3.63, 3.8) is 0 Å². The van der Waals surface area contributed by atoms with Crippen LogP contribution in [-0.2, 0) is 11.2 Å². The van der Waals surface area contributed by atoms with E-state index in [-0.39, 0.29) is 5.91 Å². The van der Waals surface area contributed by atoms with Crippen LogP contribution in [0.4, 0.5) is 5.69 Å². The zero-order chi connectivity index (χ0) is 14.1. The van der Waals surface area contributed by atoms with Crippen molar-refractivity contribution in [2.24, 2.45) is 17.6 Å². The molecule has 1 fully saturated rings. The van der Waals surface area contributed by atoms with E-state index in [2.05, 4.69) is 24.0 Å². The Morgan fingerprint density at radius 3 is 2.85 bits per heavy atom. The highest BCUT2D eigenvalue weighted by molar-refractivity contribution is 6.01. The first-order valence-electron chi connectivity index (χ1n) is 7.84. The number of nitrogens with zero attached hydrogens (tertiary/aromatic N) is 1. The molecule has 1 aliphatic heterocycles. The zero-order valence-electron chi connectivity index (χ0n) is 12.2. The SMILES string of the molecule is CCC1CCC(CN)C(N2C(=O)Cc3ccccc32)C1. The molecule has 1 aromatic carbocycles. The van der Waals surface area contributed by atoms with Gasteiger partial charge in [0.25, 0.3) is 0 Å². The van der Waals surface area contributed by atoms with Gasteiger partial charge in [0, 0.05) is 11.7 Å². The van der Waals surface area contributed by atoms with Crippen LogP contribution < -0.4 is 10.6 Å². The smallest absolute Gasteiger partial charge is 0.231 e. The van der Waals surface area contributed by atoms with E-state index in [4.69, 9.17) is 5.73 Å². The molecule has 2 aliphatic rings. The van der Waals surface area contributed by atoms with Crippen LogP contribution in [0.25, 0.3) is 0 Å². The Morgan fingerprint density at radius 1 is 1.30 bits per heavy atom. The maximum atomic E-state index is 12.5. The number of anilines is 1. The Labute approximate surface area is 121 Å². The first kappa shape index (κ1) is 13.6. The molecule has 3 nitrogen and oxygen atoms in total. The van der Waals surface area contributed by atoms with E-state index in [9.17, 15) is 4.79 Å². The summed E-state index contributed by atoms with van der Waals surface area (Å²) in [6.07, 6.45) is 5.29. The lowest BCUT2D eigenvalue weighted by Crippen LogP contribution is -2.48. The van der Waals surface area contributed by atoms with E-state index in [1.165, 1.54) is 18.4 Å². The summed E-state index contributed by atoms with van der Waals surface area (Å²) >= 11 is 0. The van der Waals surface area contributed by atoms with Crippen LogP contribution in [0.3, 0.4) is 0 Å². The summed E-state index contributed by atoms with van der Waals surface area (Å²) in [5, 5.41) is 0. The topological polar surface area (TPSA) is 46.3 Å². The van der Waals surface area contributed by atoms with Gasteiger partial charge in [-0.15, -0.1) is 0 Å². The third kappa shape index (κ3) is 2.24. The van der Waals surface area contributed by atoms with Crippen LogP contribution in [0.15, 0.2) is 24.3 Å². The molecule has 3 rings (SSSR count).